The number of pyridine rings is 1. The predicted molar refractivity (Wildman–Crippen MR) is 116 cm³/mol. The zero-order chi connectivity index (χ0) is 21.8. The number of aromatic amines is 1. The van der Waals surface area contributed by atoms with E-state index >= 15 is 0 Å². The third-order valence-electron chi connectivity index (χ3n) is 5.37. The molecule has 0 aliphatic carbocycles. The van der Waals surface area contributed by atoms with Crippen LogP contribution in [-0.2, 0) is 17.8 Å². The van der Waals surface area contributed by atoms with E-state index in [9.17, 15) is 14.4 Å². The number of hydrogen-bond acceptors (Lipinski definition) is 6. The number of nitrogens with one attached hydrogen (secondary N) is 2. The number of aromatic nitrogens is 3. The average molecular weight is 423 g/mol. The van der Waals surface area contributed by atoms with E-state index in [1.807, 2.05) is 18.2 Å². The SMILES string of the molecule is CCn1c(=O)[nH]c(=O)c2cc(C(=O)NCC3CN(Cc4ccccc4)CCO3)cnc21. The molecule has 1 aliphatic heterocycles. The van der Waals surface area contributed by atoms with Gasteiger partial charge in [-0.1, -0.05) is 30.3 Å². The van der Waals surface area contributed by atoms with Gasteiger partial charge in [0, 0.05) is 38.9 Å². The van der Waals surface area contributed by atoms with E-state index in [0.29, 0.717) is 26.2 Å². The maximum atomic E-state index is 12.6. The first-order chi connectivity index (χ1) is 15.0. The summed E-state index contributed by atoms with van der Waals surface area (Å²) in [5, 5.41) is 3.07. The van der Waals surface area contributed by atoms with Crippen LogP contribution in [0.25, 0.3) is 11.0 Å². The number of nitrogens with zero attached hydrogens (tertiary/aromatic N) is 3. The second-order valence-electron chi connectivity index (χ2n) is 7.52. The predicted octanol–water partition coefficient (Wildman–Crippen LogP) is 0.736. The number of carbonyl (C=O) groups excluding carboxylic acids is 1. The van der Waals surface area contributed by atoms with Gasteiger partial charge in [-0.15, -0.1) is 0 Å². The maximum absolute atomic E-state index is 12.6. The van der Waals surface area contributed by atoms with Crippen molar-refractivity contribution < 1.29 is 9.53 Å². The highest BCUT2D eigenvalue weighted by molar-refractivity contribution is 5.96. The van der Waals surface area contributed by atoms with Crippen LogP contribution in [0.2, 0.25) is 0 Å². The van der Waals surface area contributed by atoms with Crippen molar-refractivity contribution in [1.29, 1.82) is 0 Å². The minimum atomic E-state index is -0.556. The van der Waals surface area contributed by atoms with E-state index in [1.165, 1.54) is 22.4 Å². The molecule has 31 heavy (non-hydrogen) atoms. The van der Waals surface area contributed by atoms with Gasteiger partial charge in [0.25, 0.3) is 11.5 Å². The summed E-state index contributed by atoms with van der Waals surface area (Å²) < 4.78 is 7.16. The van der Waals surface area contributed by atoms with Gasteiger partial charge in [-0.05, 0) is 18.6 Å². The lowest BCUT2D eigenvalue weighted by Crippen LogP contribution is -2.47. The van der Waals surface area contributed by atoms with Gasteiger partial charge in [-0.3, -0.25) is 24.0 Å². The zero-order valence-electron chi connectivity index (χ0n) is 17.3. The molecule has 0 bridgehead atoms. The fraction of sp³-hybridized carbons (Fsp3) is 0.364. The standard InChI is InChI=1S/C22H25N5O4/c1-2-27-19-18(21(29)25-22(27)30)10-16(11-23-19)20(28)24-12-17-14-26(8-9-31-17)13-15-6-4-3-5-7-15/h3-7,10-11,17H,2,8-9,12-14H2,1H3,(H,24,28)(H,25,29,30). The number of amides is 1. The number of hydrogen-bond donors (Lipinski definition) is 2. The van der Waals surface area contributed by atoms with E-state index < -0.39 is 11.2 Å². The molecule has 1 aliphatic rings. The summed E-state index contributed by atoms with van der Waals surface area (Å²) in [6.45, 7) is 5.51. The van der Waals surface area contributed by atoms with E-state index in [-0.39, 0.29) is 28.6 Å². The Morgan fingerprint density at radius 1 is 1.29 bits per heavy atom. The van der Waals surface area contributed by atoms with Crippen LogP contribution in [0, 0.1) is 0 Å². The van der Waals surface area contributed by atoms with Crippen molar-refractivity contribution in [3.8, 4) is 0 Å². The van der Waals surface area contributed by atoms with Crippen LogP contribution in [0.1, 0.15) is 22.8 Å². The van der Waals surface area contributed by atoms with Crippen LogP contribution in [-0.4, -0.2) is 57.7 Å². The molecule has 4 rings (SSSR count). The third-order valence-corrected chi connectivity index (χ3v) is 5.37. The lowest BCUT2D eigenvalue weighted by molar-refractivity contribution is -0.0292. The highest BCUT2D eigenvalue weighted by atomic mass is 16.5. The molecule has 1 unspecified atom stereocenters. The van der Waals surface area contributed by atoms with Gasteiger partial charge in [0.15, 0.2) is 0 Å². The summed E-state index contributed by atoms with van der Waals surface area (Å²) in [6, 6.07) is 11.7. The molecular weight excluding hydrogens is 398 g/mol. The highest BCUT2D eigenvalue weighted by Gasteiger charge is 2.21. The summed E-state index contributed by atoms with van der Waals surface area (Å²) in [5.41, 5.74) is 0.694. The molecule has 1 aromatic carbocycles. The highest BCUT2D eigenvalue weighted by Crippen LogP contribution is 2.11. The molecule has 2 N–H and O–H groups in total. The summed E-state index contributed by atoms with van der Waals surface area (Å²) >= 11 is 0. The van der Waals surface area contributed by atoms with Crippen LogP contribution in [0.5, 0.6) is 0 Å². The molecular formula is C22H25N5O4. The molecule has 1 fully saturated rings. The van der Waals surface area contributed by atoms with E-state index in [2.05, 4.69) is 32.3 Å². The summed E-state index contributed by atoms with van der Waals surface area (Å²) in [5.74, 6) is -0.341. The van der Waals surface area contributed by atoms with Gasteiger partial charge in [0.2, 0.25) is 0 Å². The van der Waals surface area contributed by atoms with Crippen LogP contribution in [0.15, 0.2) is 52.2 Å². The monoisotopic (exact) mass is 423 g/mol. The second kappa shape index (κ2) is 9.23. The van der Waals surface area contributed by atoms with Gasteiger partial charge < -0.3 is 10.1 Å². The first kappa shape index (κ1) is 21.0. The van der Waals surface area contributed by atoms with E-state index in [0.717, 1.165) is 13.1 Å². The second-order valence-corrected chi connectivity index (χ2v) is 7.52. The van der Waals surface area contributed by atoms with E-state index in [1.54, 1.807) is 6.92 Å². The number of aryl methyl sites for hydroxylation is 1. The minimum absolute atomic E-state index is 0.122. The summed E-state index contributed by atoms with van der Waals surface area (Å²) in [4.78, 5) is 45.5. The number of rotatable bonds is 6. The van der Waals surface area contributed by atoms with Crippen molar-refractivity contribution in [3.05, 3.63) is 74.6 Å². The fourth-order valence-electron chi connectivity index (χ4n) is 3.78. The number of carbonyl (C=O) groups is 1. The molecule has 1 saturated heterocycles. The topological polar surface area (TPSA) is 109 Å². The summed E-state index contributed by atoms with van der Waals surface area (Å²) in [7, 11) is 0. The Morgan fingerprint density at radius 2 is 2.10 bits per heavy atom. The number of fused-ring (bicyclic) bond motifs is 1. The van der Waals surface area contributed by atoms with Crippen molar-refractivity contribution in [1.82, 2.24) is 24.8 Å². The smallest absolute Gasteiger partial charge is 0.329 e. The lowest BCUT2D eigenvalue weighted by Gasteiger charge is -2.33. The molecule has 3 heterocycles. The van der Waals surface area contributed by atoms with Gasteiger partial charge >= 0.3 is 5.69 Å². The quantitative estimate of drug-likeness (QED) is 0.605. The van der Waals surface area contributed by atoms with E-state index in [4.69, 9.17) is 4.74 Å². The molecule has 9 heteroatoms. The summed E-state index contributed by atoms with van der Waals surface area (Å²) in [6.07, 6.45) is 1.26. The molecule has 3 aromatic rings. The fourth-order valence-corrected chi connectivity index (χ4v) is 3.78. The third kappa shape index (κ3) is 4.73. The van der Waals surface area contributed by atoms with Gasteiger partial charge in [-0.25, -0.2) is 9.78 Å². The Labute approximate surface area is 178 Å². The molecule has 0 spiro atoms. The molecule has 1 amide bonds. The Kier molecular flexibility index (Phi) is 6.24. The largest absolute Gasteiger partial charge is 0.374 e. The Bertz CT molecular complexity index is 1190. The number of ether oxygens (including phenoxy) is 1. The minimum Gasteiger partial charge on any atom is -0.374 e. The van der Waals surface area contributed by atoms with Crippen LogP contribution < -0.4 is 16.6 Å². The van der Waals surface area contributed by atoms with Crippen LogP contribution in [0.3, 0.4) is 0 Å². The average Bonchev–Trinajstić information content (AvgIpc) is 2.78. The normalized spacial score (nSPS) is 17.0. The Balaban J connectivity index is 1.41. The van der Waals surface area contributed by atoms with Crippen LogP contribution in [0.4, 0.5) is 0 Å². The van der Waals surface area contributed by atoms with Gasteiger partial charge in [0.1, 0.15) is 5.65 Å². The van der Waals surface area contributed by atoms with Crippen molar-refractivity contribution in [3.63, 3.8) is 0 Å². The molecule has 0 saturated carbocycles. The lowest BCUT2D eigenvalue weighted by atomic mass is 10.2. The molecule has 0 radical (unpaired) electrons. The van der Waals surface area contributed by atoms with Gasteiger partial charge in [-0.2, -0.15) is 0 Å². The molecule has 1 atom stereocenters. The number of benzene rings is 1. The van der Waals surface area contributed by atoms with Crippen molar-refractivity contribution in [2.24, 2.45) is 0 Å². The Hall–Kier alpha value is -3.30. The molecule has 2 aromatic heterocycles. The first-order valence-electron chi connectivity index (χ1n) is 10.3. The van der Waals surface area contributed by atoms with Gasteiger partial charge in [0.05, 0.1) is 23.7 Å². The molecule has 162 valence electrons. The van der Waals surface area contributed by atoms with Crippen molar-refractivity contribution in [2.45, 2.75) is 26.1 Å². The van der Waals surface area contributed by atoms with Crippen LogP contribution >= 0.6 is 0 Å². The maximum Gasteiger partial charge on any atom is 0.329 e. The van der Waals surface area contributed by atoms with Crippen molar-refractivity contribution in [2.75, 3.05) is 26.2 Å². The number of H-pyrrole nitrogens is 1. The zero-order valence-corrected chi connectivity index (χ0v) is 17.3. The Morgan fingerprint density at radius 3 is 2.87 bits per heavy atom. The van der Waals surface area contributed by atoms with Crippen molar-refractivity contribution >= 4 is 16.9 Å². The first-order valence-corrected chi connectivity index (χ1v) is 10.3. The number of morpholine rings is 1. The molecule has 9 nitrogen and oxygen atoms in total.